The van der Waals surface area contributed by atoms with E-state index in [0.717, 1.165) is 0 Å². The minimum absolute atomic E-state index is 0.0157. The van der Waals surface area contributed by atoms with Gasteiger partial charge in [0.2, 0.25) is 17.7 Å². The van der Waals surface area contributed by atoms with Gasteiger partial charge in [-0.25, -0.2) is 0 Å². The predicted molar refractivity (Wildman–Crippen MR) is 72.0 cm³/mol. The molecule has 9 heteroatoms. The number of carboxylic acids is 1. The minimum atomic E-state index is -1.28. The van der Waals surface area contributed by atoms with Crippen LogP contribution in [0.5, 0.6) is 0 Å². The van der Waals surface area contributed by atoms with Crippen LogP contribution in [0.3, 0.4) is 0 Å². The second-order valence-corrected chi connectivity index (χ2v) is 4.78. The molecule has 0 aliphatic carbocycles. The molecule has 1 saturated heterocycles. The Kier molecular flexibility index (Phi) is 5.81. The average molecular weight is 303 g/mol. The van der Waals surface area contributed by atoms with Crippen LogP contribution < -0.4 is 11.1 Å². The molecule has 1 fully saturated rings. The molecule has 0 unspecified atom stereocenters. The first-order valence-corrected chi connectivity index (χ1v) is 6.72. The van der Waals surface area contributed by atoms with Crippen LogP contribution in [-0.2, 0) is 19.2 Å². The van der Waals surface area contributed by atoms with Gasteiger partial charge in [-0.15, -0.1) is 0 Å². The molecule has 112 valence electrons. The third-order valence-electron chi connectivity index (χ3n) is 3.05. The topological polar surface area (TPSA) is 130 Å². The summed E-state index contributed by atoms with van der Waals surface area (Å²) in [7, 11) is 0. The maximum Gasteiger partial charge on any atom is 0.305 e. The summed E-state index contributed by atoms with van der Waals surface area (Å²) in [5.74, 6) is -3.03. The molecule has 0 saturated carbocycles. The number of carbonyl (C=O) groups excluding carboxylic acids is 3. The van der Waals surface area contributed by atoms with E-state index in [1.807, 2.05) is 0 Å². The lowest BCUT2D eigenvalue weighted by Gasteiger charge is -2.24. The summed E-state index contributed by atoms with van der Waals surface area (Å²) in [5, 5.41) is 10.9. The molecule has 3 amide bonds. The van der Waals surface area contributed by atoms with Gasteiger partial charge in [-0.1, -0.05) is 0 Å². The van der Waals surface area contributed by atoms with Gasteiger partial charge in [0.1, 0.15) is 12.1 Å². The van der Waals surface area contributed by atoms with Crippen LogP contribution in [0.1, 0.15) is 19.3 Å². The van der Waals surface area contributed by atoms with E-state index < -0.39 is 36.3 Å². The number of rotatable bonds is 6. The number of likely N-dealkylation sites (tertiary alicyclic amines) is 1. The van der Waals surface area contributed by atoms with Crippen LogP contribution >= 0.6 is 12.6 Å². The van der Waals surface area contributed by atoms with Gasteiger partial charge in [0, 0.05) is 6.54 Å². The number of thiol groups is 1. The van der Waals surface area contributed by atoms with E-state index in [-0.39, 0.29) is 11.7 Å². The molecule has 0 aromatic heterocycles. The third kappa shape index (κ3) is 4.12. The Balaban J connectivity index is 2.70. The zero-order valence-corrected chi connectivity index (χ0v) is 11.6. The fourth-order valence-corrected chi connectivity index (χ4v) is 2.28. The highest BCUT2D eigenvalue weighted by molar-refractivity contribution is 7.81. The number of hydrogen-bond donors (Lipinski definition) is 4. The Hall–Kier alpha value is -1.77. The first kappa shape index (κ1) is 16.3. The molecule has 1 aliphatic heterocycles. The van der Waals surface area contributed by atoms with Gasteiger partial charge in [0.15, 0.2) is 0 Å². The summed E-state index contributed by atoms with van der Waals surface area (Å²) in [6.45, 7) is 0.442. The second-order valence-electron chi connectivity index (χ2n) is 4.46. The van der Waals surface area contributed by atoms with Crippen molar-refractivity contribution >= 4 is 36.3 Å². The molecule has 0 bridgehead atoms. The van der Waals surface area contributed by atoms with Gasteiger partial charge < -0.3 is 21.1 Å². The van der Waals surface area contributed by atoms with Gasteiger partial charge in [0.25, 0.3) is 0 Å². The van der Waals surface area contributed by atoms with Crippen molar-refractivity contribution in [3.8, 4) is 0 Å². The van der Waals surface area contributed by atoms with Crippen LogP contribution in [0.2, 0.25) is 0 Å². The first-order valence-electron chi connectivity index (χ1n) is 6.08. The molecule has 0 aromatic carbocycles. The molecule has 8 nitrogen and oxygen atoms in total. The van der Waals surface area contributed by atoms with E-state index in [0.29, 0.717) is 19.4 Å². The monoisotopic (exact) mass is 303 g/mol. The van der Waals surface area contributed by atoms with Gasteiger partial charge in [-0.05, 0) is 12.8 Å². The minimum Gasteiger partial charge on any atom is -0.481 e. The smallest absolute Gasteiger partial charge is 0.305 e. The van der Waals surface area contributed by atoms with Crippen molar-refractivity contribution in [3.05, 3.63) is 0 Å². The SMILES string of the molecule is NC(=O)[C@H](CC(=O)O)NC(=O)[C@@H]1CCCN1C(=O)CS. The summed E-state index contributed by atoms with van der Waals surface area (Å²) in [5.41, 5.74) is 5.04. The maximum atomic E-state index is 12.0. The molecule has 4 N–H and O–H groups in total. The van der Waals surface area contributed by atoms with Crippen molar-refractivity contribution in [3.63, 3.8) is 0 Å². The summed E-state index contributed by atoms with van der Waals surface area (Å²) >= 11 is 3.87. The van der Waals surface area contributed by atoms with Gasteiger partial charge in [0.05, 0.1) is 12.2 Å². The second kappa shape index (κ2) is 7.13. The largest absolute Gasteiger partial charge is 0.481 e. The lowest BCUT2D eigenvalue weighted by Crippen LogP contribution is -2.53. The molecule has 1 heterocycles. The number of aliphatic carboxylic acids is 1. The normalized spacial score (nSPS) is 19.4. The summed E-state index contributed by atoms with van der Waals surface area (Å²) in [6.07, 6.45) is 0.538. The van der Waals surface area contributed by atoms with Crippen LogP contribution in [-0.4, -0.2) is 58.1 Å². The summed E-state index contributed by atoms with van der Waals surface area (Å²) in [4.78, 5) is 46.7. The lowest BCUT2D eigenvalue weighted by molar-refractivity contribution is -0.141. The number of carbonyl (C=O) groups is 4. The Morgan fingerprint density at radius 3 is 2.55 bits per heavy atom. The van der Waals surface area contributed by atoms with E-state index in [9.17, 15) is 19.2 Å². The fourth-order valence-electron chi connectivity index (χ4n) is 2.09. The standard InChI is InChI=1S/C11H17N3O5S/c12-10(18)6(4-9(16)17)13-11(19)7-2-1-3-14(7)8(15)5-20/h6-7,20H,1-5H2,(H2,12,18)(H,13,19)(H,16,17)/t6-,7-/m0/s1. The molecule has 2 atom stereocenters. The Morgan fingerprint density at radius 2 is 2.05 bits per heavy atom. The summed E-state index contributed by atoms with van der Waals surface area (Å²) in [6, 6.07) is -1.99. The van der Waals surface area contributed by atoms with Crippen molar-refractivity contribution in [2.45, 2.75) is 31.3 Å². The van der Waals surface area contributed by atoms with E-state index >= 15 is 0 Å². The molecule has 0 aromatic rings. The molecule has 1 aliphatic rings. The van der Waals surface area contributed by atoms with Crippen LogP contribution in [0.15, 0.2) is 0 Å². The number of nitrogens with two attached hydrogens (primary N) is 1. The van der Waals surface area contributed by atoms with Gasteiger partial charge >= 0.3 is 5.97 Å². The molecule has 1 rings (SSSR count). The van der Waals surface area contributed by atoms with E-state index in [2.05, 4.69) is 17.9 Å². The first-order chi connectivity index (χ1) is 9.36. The Labute approximate surface area is 121 Å². The van der Waals surface area contributed by atoms with Crippen LogP contribution in [0.25, 0.3) is 0 Å². The Morgan fingerprint density at radius 1 is 1.40 bits per heavy atom. The van der Waals surface area contributed by atoms with E-state index in [1.54, 1.807) is 0 Å². The number of primary amides is 1. The van der Waals surface area contributed by atoms with Crippen molar-refractivity contribution in [2.75, 3.05) is 12.3 Å². The van der Waals surface area contributed by atoms with E-state index in [4.69, 9.17) is 10.8 Å². The average Bonchev–Trinajstić information content (AvgIpc) is 2.85. The third-order valence-corrected chi connectivity index (χ3v) is 3.32. The zero-order valence-electron chi connectivity index (χ0n) is 10.7. The molecule has 0 radical (unpaired) electrons. The van der Waals surface area contributed by atoms with Crippen molar-refractivity contribution in [2.24, 2.45) is 5.73 Å². The van der Waals surface area contributed by atoms with Gasteiger partial charge in [-0.3, -0.25) is 19.2 Å². The zero-order chi connectivity index (χ0) is 15.3. The van der Waals surface area contributed by atoms with Crippen LogP contribution in [0, 0.1) is 0 Å². The molecule has 20 heavy (non-hydrogen) atoms. The maximum absolute atomic E-state index is 12.0. The lowest BCUT2D eigenvalue weighted by atomic mass is 10.1. The number of amides is 3. The highest BCUT2D eigenvalue weighted by atomic mass is 32.1. The predicted octanol–water partition coefficient (Wildman–Crippen LogP) is -1.65. The van der Waals surface area contributed by atoms with Crippen molar-refractivity contribution < 1.29 is 24.3 Å². The fraction of sp³-hybridized carbons (Fsp3) is 0.636. The Bertz CT molecular complexity index is 428. The highest BCUT2D eigenvalue weighted by Gasteiger charge is 2.35. The molecular weight excluding hydrogens is 286 g/mol. The van der Waals surface area contributed by atoms with Crippen molar-refractivity contribution in [1.29, 1.82) is 0 Å². The van der Waals surface area contributed by atoms with Gasteiger partial charge in [-0.2, -0.15) is 12.6 Å². The summed E-state index contributed by atoms with van der Waals surface area (Å²) < 4.78 is 0. The molecule has 0 spiro atoms. The number of carboxylic acid groups (broad SMARTS) is 1. The van der Waals surface area contributed by atoms with E-state index in [1.165, 1.54) is 4.90 Å². The van der Waals surface area contributed by atoms with Crippen molar-refractivity contribution in [1.82, 2.24) is 10.2 Å². The quantitative estimate of drug-likeness (QED) is 0.437. The highest BCUT2D eigenvalue weighted by Crippen LogP contribution is 2.18. The number of nitrogens with zero attached hydrogens (tertiary/aromatic N) is 1. The number of nitrogens with one attached hydrogen (secondary N) is 1. The van der Waals surface area contributed by atoms with Crippen LogP contribution in [0.4, 0.5) is 0 Å². The number of hydrogen-bond acceptors (Lipinski definition) is 5. The molecular formula is C11H17N3O5S.